The Morgan fingerprint density at radius 2 is 1.50 bits per heavy atom. The highest BCUT2D eigenvalue weighted by Crippen LogP contribution is 2.48. The number of methoxy groups -OCH3 is 4. The van der Waals surface area contributed by atoms with Crippen molar-refractivity contribution in [2.24, 2.45) is 0 Å². The summed E-state index contributed by atoms with van der Waals surface area (Å²) in [5, 5.41) is 3.22. The molecular formula is C19H18O5. The SMILES string of the molecule is COc1cc2cc(C=O)c3cccc(OC)c3c2c(OC)c1OC. The summed E-state index contributed by atoms with van der Waals surface area (Å²) in [6, 6.07) is 9.24. The van der Waals surface area contributed by atoms with Gasteiger partial charge >= 0.3 is 0 Å². The quantitative estimate of drug-likeness (QED) is 0.527. The van der Waals surface area contributed by atoms with Gasteiger partial charge in [-0.05, 0) is 29.0 Å². The maximum atomic E-state index is 11.6. The lowest BCUT2D eigenvalue weighted by molar-refractivity contribution is 0.112. The smallest absolute Gasteiger partial charge is 0.203 e. The topological polar surface area (TPSA) is 54.0 Å². The van der Waals surface area contributed by atoms with Crippen molar-refractivity contribution in [3.8, 4) is 23.0 Å². The molecule has 0 atom stereocenters. The highest BCUT2D eigenvalue weighted by Gasteiger charge is 2.21. The number of rotatable bonds is 5. The molecule has 5 heteroatoms. The molecule has 0 amide bonds. The molecule has 0 saturated carbocycles. The Labute approximate surface area is 139 Å². The Morgan fingerprint density at radius 3 is 2.08 bits per heavy atom. The van der Waals surface area contributed by atoms with Gasteiger partial charge in [-0.3, -0.25) is 4.79 Å². The van der Waals surface area contributed by atoms with Crippen LogP contribution in [0.15, 0.2) is 30.3 Å². The molecule has 0 N–H and O–H groups in total. The zero-order chi connectivity index (χ0) is 17.3. The number of aldehydes is 1. The van der Waals surface area contributed by atoms with Crippen LogP contribution in [0, 0.1) is 0 Å². The first-order valence-electron chi connectivity index (χ1n) is 7.37. The largest absolute Gasteiger partial charge is 0.496 e. The lowest BCUT2D eigenvalue weighted by atomic mass is 9.95. The number of carbonyl (C=O) groups excluding carboxylic acids is 1. The van der Waals surface area contributed by atoms with E-state index in [2.05, 4.69) is 0 Å². The maximum absolute atomic E-state index is 11.6. The zero-order valence-electron chi connectivity index (χ0n) is 14.0. The molecule has 0 aliphatic rings. The van der Waals surface area contributed by atoms with Crippen LogP contribution in [0.4, 0.5) is 0 Å². The van der Waals surface area contributed by atoms with E-state index < -0.39 is 0 Å². The van der Waals surface area contributed by atoms with Crippen molar-refractivity contribution in [2.75, 3.05) is 28.4 Å². The van der Waals surface area contributed by atoms with Crippen LogP contribution in [0.5, 0.6) is 23.0 Å². The van der Waals surface area contributed by atoms with E-state index in [0.717, 1.165) is 27.8 Å². The molecule has 0 fully saturated rings. The minimum absolute atomic E-state index is 0.499. The molecule has 124 valence electrons. The monoisotopic (exact) mass is 326 g/mol. The first-order chi connectivity index (χ1) is 11.7. The Kier molecular flexibility index (Phi) is 4.16. The molecule has 3 aromatic rings. The van der Waals surface area contributed by atoms with Crippen LogP contribution >= 0.6 is 0 Å². The fourth-order valence-corrected chi connectivity index (χ4v) is 3.09. The van der Waals surface area contributed by atoms with Crippen molar-refractivity contribution in [3.05, 3.63) is 35.9 Å². The molecule has 3 rings (SSSR count). The number of ether oxygens (including phenoxy) is 4. The third kappa shape index (κ3) is 2.21. The van der Waals surface area contributed by atoms with Gasteiger partial charge in [0, 0.05) is 16.3 Å². The van der Waals surface area contributed by atoms with Crippen LogP contribution in [-0.2, 0) is 0 Å². The summed E-state index contributed by atoms with van der Waals surface area (Å²) in [6.45, 7) is 0. The van der Waals surface area contributed by atoms with Crippen molar-refractivity contribution < 1.29 is 23.7 Å². The van der Waals surface area contributed by atoms with Crippen LogP contribution in [-0.4, -0.2) is 34.7 Å². The zero-order valence-corrected chi connectivity index (χ0v) is 14.0. The molecule has 0 heterocycles. The minimum atomic E-state index is 0.499. The predicted molar refractivity (Wildman–Crippen MR) is 93.0 cm³/mol. The Hall–Kier alpha value is -2.95. The fraction of sp³-hybridized carbons (Fsp3) is 0.211. The molecule has 0 aliphatic carbocycles. The first kappa shape index (κ1) is 15.9. The number of hydrogen-bond acceptors (Lipinski definition) is 5. The number of benzene rings is 3. The second-order valence-electron chi connectivity index (χ2n) is 5.21. The predicted octanol–water partition coefficient (Wildman–Crippen LogP) is 3.84. The van der Waals surface area contributed by atoms with Crippen molar-refractivity contribution in [3.63, 3.8) is 0 Å². The van der Waals surface area contributed by atoms with Gasteiger partial charge in [0.15, 0.2) is 17.8 Å². The first-order valence-corrected chi connectivity index (χ1v) is 7.37. The molecule has 0 aliphatic heterocycles. The second-order valence-corrected chi connectivity index (χ2v) is 5.21. The molecule has 0 radical (unpaired) electrons. The van der Waals surface area contributed by atoms with Gasteiger partial charge in [0.05, 0.1) is 28.4 Å². The van der Waals surface area contributed by atoms with Gasteiger partial charge in [-0.1, -0.05) is 12.1 Å². The van der Waals surface area contributed by atoms with Gasteiger partial charge in [0.1, 0.15) is 5.75 Å². The summed E-state index contributed by atoms with van der Waals surface area (Å²) in [6.07, 6.45) is 0.838. The van der Waals surface area contributed by atoms with Crippen LogP contribution in [0.25, 0.3) is 21.5 Å². The van der Waals surface area contributed by atoms with E-state index in [1.165, 1.54) is 0 Å². The summed E-state index contributed by atoms with van der Waals surface area (Å²) in [5.41, 5.74) is 0.575. The molecule has 0 spiro atoms. The molecule has 0 unspecified atom stereocenters. The number of hydrogen-bond donors (Lipinski definition) is 0. The van der Waals surface area contributed by atoms with Crippen LogP contribution < -0.4 is 18.9 Å². The van der Waals surface area contributed by atoms with E-state index in [4.69, 9.17) is 18.9 Å². The summed E-state index contributed by atoms with van der Waals surface area (Å²) in [7, 11) is 6.30. The average molecular weight is 326 g/mol. The van der Waals surface area contributed by atoms with Crippen molar-refractivity contribution in [1.82, 2.24) is 0 Å². The van der Waals surface area contributed by atoms with Crippen LogP contribution in [0.1, 0.15) is 10.4 Å². The normalized spacial score (nSPS) is 10.7. The molecule has 24 heavy (non-hydrogen) atoms. The van der Waals surface area contributed by atoms with E-state index in [0.29, 0.717) is 28.6 Å². The summed E-state index contributed by atoms with van der Waals surface area (Å²) in [5.74, 6) is 2.23. The second kappa shape index (κ2) is 6.28. The van der Waals surface area contributed by atoms with Crippen LogP contribution in [0.3, 0.4) is 0 Å². The van der Waals surface area contributed by atoms with Crippen molar-refractivity contribution in [1.29, 1.82) is 0 Å². The van der Waals surface area contributed by atoms with E-state index >= 15 is 0 Å². The Morgan fingerprint density at radius 1 is 0.792 bits per heavy atom. The van der Waals surface area contributed by atoms with Gasteiger partial charge < -0.3 is 18.9 Å². The molecular weight excluding hydrogens is 308 g/mol. The van der Waals surface area contributed by atoms with E-state index in [-0.39, 0.29) is 0 Å². The third-order valence-corrected chi connectivity index (χ3v) is 4.11. The molecule has 0 aromatic heterocycles. The maximum Gasteiger partial charge on any atom is 0.203 e. The Balaban J connectivity index is 2.64. The summed E-state index contributed by atoms with van der Waals surface area (Å²) >= 11 is 0. The highest BCUT2D eigenvalue weighted by molar-refractivity contribution is 6.19. The van der Waals surface area contributed by atoms with Gasteiger partial charge in [-0.15, -0.1) is 0 Å². The average Bonchev–Trinajstić information content (AvgIpc) is 2.64. The van der Waals surface area contributed by atoms with E-state index in [1.807, 2.05) is 30.3 Å². The number of fused-ring (bicyclic) bond motifs is 3. The standard InChI is InChI=1S/C19H18O5/c1-21-14-7-5-6-13-12(10-20)8-11-9-15(22-2)18(23-3)19(24-4)16(11)17(13)14/h5-10H,1-4H3. The summed E-state index contributed by atoms with van der Waals surface area (Å²) in [4.78, 5) is 11.6. The highest BCUT2D eigenvalue weighted by atomic mass is 16.5. The van der Waals surface area contributed by atoms with E-state index in [1.54, 1.807) is 28.4 Å². The van der Waals surface area contributed by atoms with Crippen molar-refractivity contribution in [2.45, 2.75) is 0 Å². The summed E-state index contributed by atoms with van der Waals surface area (Å²) < 4.78 is 22.0. The molecule has 3 aromatic carbocycles. The van der Waals surface area contributed by atoms with Crippen molar-refractivity contribution >= 4 is 27.8 Å². The van der Waals surface area contributed by atoms with Gasteiger partial charge in [-0.2, -0.15) is 0 Å². The minimum Gasteiger partial charge on any atom is -0.496 e. The van der Waals surface area contributed by atoms with Gasteiger partial charge in [-0.25, -0.2) is 0 Å². The lowest BCUT2D eigenvalue weighted by Crippen LogP contribution is -1.98. The fourth-order valence-electron chi connectivity index (χ4n) is 3.09. The van der Waals surface area contributed by atoms with Crippen LogP contribution in [0.2, 0.25) is 0 Å². The van der Waals surface area contributed by atoms with Gasteiger partial charge in [0.25, 0.3) is 0 Å². The molecule has 0 saturated heterocycles. The Bertz CT molecular complexity index is 930. The lowest BCUT2D eigenvalue weighted by Gasteiger charge is -2.18. The van der Waals surface area contributed by atoms with E-state index in [9.17, 15) is 4.79 Å². The number of carbonyl (C=O) groups is 1. The molecule has 5 nitrogen and oxygen atoms in total. The molecule has 0 bridgehead atoms. The third-order valence-electron chi connectivity index (χ3n) is 4.11. The van der Waals surface area contributed by atoms with Gasteiger partial charge in [0.2, 0.25) is 5.75 Å².